The van der Waals surface area contributed by atoms with E-state index >= 15 is 0 Å². The molecule has 6 nitrogen and oxygen atoms in total. The van der Waals surface area contributed by atoms with Crippen LogP contribution in [0.1, 0.15) is 35.9 Å². The first-order valence-electron chi connectivity index (χ1n) is 8.36. The van der Waals surface area contributed by atoms with Gasteiger partial charge in [0, 0.05) is 13.1 Å². The maximum Gasteiger partial charge on any atom is 0.356 e. The Labute approximate surface area is 147 Å². The van der Waals surface area contributed by atoms with Gasteiger partial charge in [0.2, 0.25) is 0 Å². The molecule has 0 spiro atoms. The number of nitrogens with zero attached hydrogens (tertiary/aromatic N) is 3. The first-order valence-corrected chi connectivity index (χ1v) is 8.36. The van der Waals surface area contributed by atoms with Crippen molar-refractivity contribution in [2.24, 2.45) is 5.41 Å². The van der Waals surface area contributed by atoms with Crippen molar-refractivity contribution in [1.82, 2.24) is 14.5 Å². The van der Waals surface area contributed by atoms with Gasteiger partial charge in [-0.15, -0.1) is 0 Å². The Morgan fingerprint density at radius 3 is 2.56 bits per heavy atom. The summed E-state index contributed by atoms with van der Waals surface area (Å²) < 4.78 is 7.28. The molecule has 0 saturated carbocycles. The number of ether oxygens (including phenoxy) is 1. The van der Waals surface area contributed by atoms with Crippen LogP contribution in [-0.4, -0.2) is 52.9 Å². The molecule has 1 aromatic carbocycles. The quantitative estimate of drug-likeness (QED) is 0.754. The van der Waals surface area contributed by atoms with Gasteiger partial charge in [0.15, 0.2) is 0 Å². The topological polar surface area (TPSA) is 64.4 Å². The zero-order valence-corrected chi connectivity index (χ0v) is 14.8. The molecule has 1 saturated heterocycles. The average Bonchev–Trinajstić information content (AvgIpc) is 3.07. The van der Waals surface area contributed by atoms with E-state index in [-0.39, 0.29) is 18.4 Å². The van der Waals surface area contributed by atoms with Gasteiger partial charge in [-0.25, -0.2) is 9.78 Å². The molecule has 2 aromatic rings. The van der Waals surface area contributed by atoms with Gasteiger partial charge < -0.3 is 14.2 Å². The SMILES string of the molecule is CC(=O)C1(COC(=O)c2cncn2[C@H](C)c2ccccc2)CN(C)C1. The Hall–Kier alpha value is -2.47. The standard InChI is InChI=1S/C19H23N3O3/c1-14(16-7-5-4-6-8-16)22-13-20-9-17(22)18(24)25-12-19(15(2)23)10-21(3)11-19/h4-9,13-14H,10-12H2,1-3H3/t14-/m1/s1. The number of carbonyl (C=O) groups is 2. The predicted molar refractivity (Wildman–Crippen MR) is 93.4 cm³/mol. The highest BCUT2D eigenvalue weighted by Crippen LogP contribution is 2.31. The van der Waals surface area contributed by atoms with Crippen LogP contribution >= 0.6 is 0 Å². The summed E-state index contributed by atoms with van der Waals surface area (Å²) in [5.41, 5.74) is 0.901. The van der Waals surface area contributed by atoms with Crippen molar-refractivity contribution in [3.05, 3.63) is 54.1 Å². The number of rotatable bonds is 6. The number of imidazole rings is 1. The van der Waals surface area contributed by atoms with Gasteiger partial charge in [0.05, 0.1) is 24.0 Å². The van der Waals surface area contributed by atoms with E-state index in [1.807, 2.05) is 49.2 Å². The Bertz CT molecular complexity index is 763. The first kappa shape index (κ1) is 17.4. The molecule has 0 bridgehead atoms. The van der Waals surface area contributed by atoms with Crippen molar-refractivity contribution >= 4 is 11.8 Å². The summed E-state index contributed by atoms with van der Waals surface area (Å²) in [6.07, 6.45) is 3.14. The van der Waals surface area contributed by atoms with Crippen LogP contribution in [-0.2, 0) is 9.53 Å². The van der Waals surface area contributed by atoms with Crippen molar-refractivity contribution in [3.63, 3.8) is 0 Å². The van der Waals surface area contributed by atoms with E-state index in [0.29, 0.717) is 18.8 Å². The van der Waals surface area contributed by atoms with Crippen molar-refractivity contribution in [2.75, 3.05) is 26.7 Å². The fourth-order valence-electron chi connectivity index (χ4n) is 3.34. The van der Waals surface area contributed by atoms with Crippen molar-refractivity contribution in [2.45, 2.75) is 19.9 Å². The second-order valence-electron chi connectivity index (χ2n) is 6.86. The number of esters is 1. The van der Waals surface area contributed by atoms with Crippen LogP contribution in [0.15, 0.2) is 42.9 Å². The van der Waals surface area contributed by atoms with Gasteiger partial charge in [-0.2, -0.15) is 0 Å². The second kappa shape index (κ2) is 6.80. The summed E-state index contributed by atoms with van der Waals surface area (Å²) >= 11 is 0. The number of carbonyl (C=O) groups excluding carboxylic acids is 2. The lowest BCUT2D eigenvalue weighted by Crippen LogP contribution is -2.60. The summed E-state index contributed by atoms with van der Waals surface area (Å²) in [5.74, 6) is -0.389. The van der Waals surface area contributed by atoms with E-state index < -0.39 is 11.4 Å². The molecule has 3 rings (SSSR count). The third-order valence-electron chi connectivity index (χ3n) is 4.95. The van der Waals surface area contributed by atoms with E-state index in [4.69, 9.17) is 4.74 Å². The molecule has 1 atom stereocenters. The van der Waals surface area contributed by atoms with Gasteiger partial charge in [0.25, 0.3) is 0 Å². The lowest BCUT2D eigenvalue weighted by molar-refractivity contribution is -0.140. The van der Waals surface area contributed by atoms with Crippen molar-refractivity contribution in [3.8, 4) is 0 Å². The summed E-state index contributed by atoms with van der Waals surface area (Å²) in [7, 11) is 1.94. The molecular weight excluding hydrogens is 318 g/mol. The zero-order chi connectivity index (χ0) is 18.0. The van der Waals surface area contributed by atoms with Crippen LogP contribution < -0.4 is 0 Å². The smallest absolute Gasteiger partial charge is 0.356 e. The molecule has 25 heavy (non-hydrogen) atoms. The number of hydrogen-bond acceptors (Lipinski definition) is 5. The molecule has 0 radical (unpaired) electrons. The molecule has 0 unspecified atom stereocenters. The van der Waals surface area contributed by atoms with Crippen LogP contribution in [0.4, 0.5) is 0 Å². The Balaban J connectivity index is 1.72. The van der Waals surface area contributed by atoms with E-state index in [1.54, 1.807) is 17.8 Å². The van der Waals surface area contributed by atoms with E-state index in [0.717, 1.165) is 5.56 Å². The molecule has 132 valence electrons. The summed E-state index contributed by atoms with van der Waals surface area (Å²) in [6.45, 7) is 4.91. The van der Waals surface area contributed by atoms with E-state index in [2.05, 4.69) is 4.98 Å². The number of benzene rings is 1. The fraction of sp³-hybridized carbons (Fsp3) is 0.421. The minimum atomic E-state index is -0.569. The maximum absolute atomic E-state index is 12.5. The van der Waals surface area contributed by atoms with Crippen LogP contribution in [0.3, 0.4) is 0 Å². The Morgan fingerprint density at radius 1 is 1.28 bits per heavy atom. The minimum absolute atomic E-state index is 0.0390. The van der Waals surface area contributed by atoms with Crippen LogP contribution in [0, 0.1) is 5.41 Å². The number of hydrogen-bond donors (Lipinski definition) is 0. The van der Waals surface area contributed by atoms with Crippen LogP contribution in [0.5, 0.6) is 0 Å². The monoisotopic (exact) mass is 341 g/mol. The summed E-state index contributed by atoms with van der Waals surface area (Å²) in [4.78, 5) is 30.6. The second-order valence-corrected chi connectivity index (χ2v) is 6.86. The lowest BCUT2D eigenvalue weighted by Gasteiger charge is -2.46. The van der Waals surface area contributed by atoms with Gasteiger partial charge in [-0.3, -0.25) is 4.79 Å². The fourth-order valence-corrected chi connectivity index (χ4v) is 3.34. The molecule has 2 heterocycles. The molecule has 1 fully saturated rings. The third kappa shape index (κ3) is 3.35. The molecule has 1 aromatic heterocycles. The van der Waals surface area contributed by atoms with Crippen molar-refractivity contribution < 1.29 is 14.3 Å². The normalized spacial score (nSPS) is 17.6. The zero-order valence-electron chi connectivity index (χ0n) is 14.8. The maximum atomic E-state index is 12.5. The lowest BCUT2D eigenvalue weighted by atomic mass is 9.77. The van der Waals surface area contributed by atoms with Gasteiger partial charge >= 0.3 is 5.97 Å². The highest BCUT2D eigenvalue weighted by molar-refractivity contribution is 5.88. The number of likely N-dealkylation sites (tertiary alicyclic amines) is 1. The number of ketones is 1. The predicted octanol–water partition coefficient (Wildman–Crippen LogP) is 2.17. The third-order valence-corrected chi connectivity index (χ3v) is 4.95. The number of aromatic nitrogens is 2. The molecular formula is C19H23N3O3. The van der Waals surface area contributed by atoms with Gasteiger partial charge in [-0.1, -0.05) is 30.3 Å². The molecule has 0 amide bonds. The minimum Gasteiger partial charge on any atom is -0.460 e. The van der Waals surface area contributed by atoms with Gasteiger partial charge in [0.1, 0.15) is 18.1 Å². The molecule has 1 aliphatic rings. The molecule has 0 aliphatic carbocycles. The van der Waals surface area contributed by atoms with Crippen molar-refractivity contribution in [1.29, 1.82) is 0 Å². The average molecular weight is 341 g/mol. The van der Waals surface area contributed by atoms with E-state index in [9.17, 15) is 9.59 Å². The highest BCUT2D eigenvalue weighted by atomic mass is 16.5. The van der Waals surface area contributed by atoms with Gasteiger partial charge in [-0.05, 0) is 26.5 Å². The first-order chi connectivity index (χ1) is 11.9. The summed E-state index contributed by atoms with van der Waals surface area (Å²) in [5, 5.41) is 0. The molecule has 6 heteroatoms. The highest BCUT2D eigenvalue weighted by Gasteiger charge is 2.46. The Morgan fingerprint density at radius 2 is 1.96 bits per heavy atom. The summed E-state index contributed by atoms with van der Waals surface area (Å²) in [6, 6.07) is 9.86. The molecule has 1 aliphatic heterocycles. The largest absolute Gasteiger partial charge is 0.460 e. The Kier molecular flexibility index (Phi) is 4.72. The van der Waals surface area contributed by atoms with Crippen LogP contribution in [0.2, 0.25) is 0 Å². The molecule has 0 N–H and O–H groups in total. The van der Waals surface area contributed by atoms with Crippen LogP contribution in [0.25, 0.3) is 0 Å². The number of Topliss-reactive ketones (excluding diaryl/α,β-unsaturated/α-hetero) is 1. The van der Waals surface area contributed by atoms with E-state index in [1.165, 1.54) is 6.20 Å².